The van der Waals surface area contributed by atoms with Gasteiger partial charge in [0.05, 0.1) is 22.9 Å². The Morgan fingerprint density at radius 3 is 2.52 bits per heavy atom. The second-order valence-corrected chi connectivity index (χ2v) is 6.30. The van der Waals surface area contributed by atoms with Gasteiger partial charge in [-0.25, -0.2) is 4.98 Å². The average Bonchev–Trinajstić information content (AvgIpc) is 3.50. The van der Waals surface area contributed by atoms with Crippen molar-refractivity contribution >= 4 is 23.0 Å². The molecule has 2 aromatic carbocycles. The van der Waals surface area contributed by atoms with E-state index in [2.05, 4.69) is 22.1 Å². The molecule has 4 nitrogen and oxygen atoms in total. The van der Waals surface area contributed by atoms with Crippen LogP contribution in [0.1, 0.15) is 24.1 Å². The Hall–Kier alpha value is -3.01. The van der Waals surface area contributed by atoms with Crippen molar-refractivity contribution in [1.82, 2.24) is 14.9 Å². The molecule has 1 amide bonds. The van der Waals surface area contributed by atoms with Gasteiger partial charge in [0.2, 0.25) is 5.91 Å². The third-order valence-electron chi connectivity index (χ3n) is 4.33. The lowest BCUT2D eigenvalue weighted by Gasteiger charge is -2.20. The van der Waals surface area contributed by atoms with Crippen molar-refractivity contribution in [3.05, 3.63) is 78.1 Å². The number of carbonyl (C=O) groups is 1. The first-order valence-electron chi connectivity index (χ1n) is 8.54. The smallest absolute Gasteiger partial charge is 0.247 e. The van der Waals surface area contributed by atoms with Gasteiger partial charge in [-0.05, 0) is 36.6 Å². The Balaban J connectivity index is 1.51. The zero-order valence-corrected chi connectivity index (χ0v) is 13.9. The van der Waals surface area contributed by atoms with Gasteiger partial charge in [0.25, 0.3) is 0 Å². The van der Waals surface area contributed by atoms with Gasteiger partial charge in [-0.1, -0.05) is 42.5 Å². The second kappa shape index (κ2) is 6.85. The summed E-state index contributed by atoms with van der Waals surface area (Å²) < 4.78 is 0. The summed E-state index contributed by atoms with van der Waals surface area (Å²) in [6.07, 6.45) is 7.23. The van der Waals surface area contributed by atoms with Crippen LogP contribution in [0.5, 0.6) is 0 Å². The van der Waals surface area contributed by atoms with E-state index in [9.17, 15) is 4.79 Å². The number of aromatic nitrogens is 2. The van der Waals surface area contributed by atoms with Crippen LogP contribution in [0, 0.1) is 0 Å². The predicted molar refractivity (Wildman–Crippen MR) is 98.6 cm³/mol. The molecule has 0 atom stereocenters. The van der Waals surface area contributed by atoms with Crippen LogP contribution in [0.3, 0.4) is 0 Å². The Morgan fingerprint density at radius 1 is 1.04 bits per heavy atom. The number of hydrogen-bond donors (Lipinski definition) is 0. The summed E-state index contributed by atoms with van der Waals surface area (Å²) in [5.41, 5.74) is 3.54. The first-order valence-corrected chi connectivity index (χ1v) is 8.54. The van der Waals surface area contributed by atoms with Crippen LogP contribution in [0.25, 0.3) is 17.1 Å². The summed E-state index contributed by atoms with van der Waals surface area (Å²) in [5.74, 6) is 0.0290. The van der Waals surface area contributed by atoms with Crippen LogP contribution in [-0.2, 0) is 11.3 Å². The van der Waals surface area contributed by atoms with Crippen molar-refractivity contribution < 1.29 is 4.79 Å². The van der Waals surface area contributed by atoms with E-state index in [1.54, 1.807) is 18.3 Å². The molecular weight excluding hydrogens is 310 g/mol. The molecule has 1 fully saturated rings. The van der Waals surface area contributed by atoms with Crippen molar-refractivity contribution in [2.24, 2.45) is 0 Å². The predicted octanol–water partition coefficient (Wildman–Crippen LogP) is 3.83. The standard InChI is InChI=1S/C21H19N3O/c25-21(24(18-11-12-18)15-16-6-2-1-3-7-16)13-10-17-14-22-19-8-4-5-9-20(19)23-17/h1-10,13-14,18H,11-12,15H2/b13-10+. The summed E-state index contributed by atoms with van der Waals surface area (Å²) in [7, 11) is 0. The van der Waals surface area contributed by atoms with E-state index in [0.29, 0.717) is 18.3 Å². The van der Waals surface area contributed by atoms with E-state index >= 15 is 0 Å². The molecule has 0 saturated heterocycles. The molecule has 1 aromatic heterocycles. The molecule has 1 aliphatic carbocycles. The summed E-state index contributed by atoms with van der Waals surface area (Å²) in [6, 6.07) is 18.2. The van der Waals surface area contributed by atoms with E-state index in [4.69, 9.17) is 0 Å². The van der Waals surface area contributed by atoms with Crippen molar-refractivity contribution in [1.29, 1.82) is 0 Å². The van der Waals surface area contributed by atoms with Gasteiger partial charge in [-0.15, -0.1) is 0 Å². The van der Waals surface area contributed by atoms with Crippen LogP contribution in [-0.4, -0.2) is 26.8 Å². The molecule has 0 spiro atoms. The van der Waals surface area contributed by atoms with Gasteiger partial charge in [0, 0.05) is 18.7 Å². The van der Waals surface area contributed by atoms with Crippen LogP contribution in [0.2, 0.25) is 0 Å². The van der Waals surface area contributed by atoms with Crippen LogP contribution in [0.4, 0.5) is 0 Å². The average molecular weight is 329 g/mol. The normalized spacial score (nSPS) is 14.1. The zero-order valence-electron chi connectivity index (χ0n) is 13.9. The maximum absolute atomic E-state index is 12.7. The summed E-state index contributed by atoms with van der Waals surface area (Å²) >= 11 is 0. The number of carbonyl (C=O) groups excluding carboxylic acids is 1. The lowest BCUT2D eigenvalue weighted by Crippen LogP contribution is -2.31. The molecule has 0 aliphatic heterocycles. The fourth-order valence-corrected chi connectivity index (χ4v) is 2.86. The van der Waals surface area contributed by atoms with Gasteiger partial charge >= 0.3 is 0 Å². The van der Waals surface area contributed by atoms with Crippen molar-refractivity contribution in [3.63, 3.8) is 0 Å². The molecule has 1 saturated carbocycles. The minimum absolute atomic E-state index is 0.0290. The molecular formula is C21H19N3O. The first kappa shape index (κ1) is 15.5. The second-order valence-electron chi connectivity index (χ2n) is 6.30. The Kier molecular flexibility index (Phi) is 4.25. The lowest BCUT2D eigenvalue weighted by molar-refractivity contribution is -0.127. The zero-order chi connectivity index (χ0) is 17.1. The number of amides is 1. The number of fused-ring (bicyclic) bond motifs is 1. The molecule has 0 N–H and O–H groups in total. The van der Waals surface area contributed by atoms with Crippen molar-refractivity contribution in [3.8, 4) is 0 Å². The number of rotatable bonds is 5. The third kappa shape index (κ3) is 3.74. The van der Waals surface area contributed by atoms with Crippen molar-refractivity contribution in [2.75, 3.05) is 0 Å². The van der Waals surface area contributed by atoms with E-state index < -0.39 is 0 Å². The molecule has 4 rings (SSSR count). The largest absolute Gasteiger partial charge is 0.332 e. The Bertz CT molecular complexity index is 917. The van der Waals surface area contributed by atoms with E-state index in [1.165, 1.54) is 0 Å². The minimum Gasteiger partial charge on any atom is -0.332 e. The molecule has 0 unspecified atom stereocenters. The molecule has 0 radical (unpaired) electrons. The SMILES string of the molecule is O=C(/C=C/c1cnc2ccccc2n1)N(Cc1ccccc1)C1CC1. The van der Waals surface area contributed by atoms with Crippen LogP contribution >= 0.6 is 0 Å². The van der Waals surface area contributed by atoms with Gasteiger partial charge in [0.15, 0.2) is 0 Å². The summed E-state index contributed by atoms with van der Waals surface area (Å²) in [6.45, 7) is 0.651. The van der Waals surface area contributed by atoms with E-state index in [1.807, 2.05) is 47.4 Å². The molecule has 1 aliphatic rings. The maximum atomic E-state index is 12.7. The van der Waals surface area contributed by atoms with Gasteiger partial charge in [-0.3, -0.25) is 9.78 Å². The maximum Gasteiger partial charge on any atom is 0.247 e. The molecule has 1 heterocycles. The highest BCUT2D eigenvalue weighted by Crippen LogP contribution is 2.28. The topological polar surface area (TPSA) is 46.1 Å². The fourth-order valence-electron chi connectivity index (χ4n) is 2.86. The van der Waals surface area contributed by atoms with Gasteiger partial charge in [-0.2, -0.15) is 0 Å². The monoisotopic (exact) mass is 329 g/mol. The van der Waals surface area contributed by atoms with Crippen LogP contribution < -0.4 is 0 Å². The number of para-hydroxylation sites is 2. The van der Waals surface area contributed by atoms with E-state index in [-0.39, 0.29) is 5.91 Å². The number of benzene rings is 2. The first-order chi connectivity index (χ1) is 12.3. The molecule has 0 bridgehead atoms. The number of nitrogens with zero attached hydrogens (tertiary/aromatic N) is 3. The molecule has 4 heteroatoms. The third-order valence-corrected chi connectivity index (χ3v) is 4.33. The van der Waals surface area contributed by atoms with Gasteiger partial charge in [0.1, 0.15) is 0 Å². The Labute approximate surface area is 146 Å². The van der Waals surface area contributed by atoms with Gasteiger partial charge < -0.3 is 4.90 Å². The highest BCUT2D eigenvalue weighted by atomic mass is 16.2. The number of hydrogen-bond acceptors (Lipinski definition) is 3. The molecule has 3 aromatic rings. The minimum atomic E-state index is 0.0290. The summed E-state index contributed by atoms with van der Waals surface area (Å²) in [4.78, 5) is 23.5. The fraction of sp³-hybridized carbons (Fsp3) is 0.190. The highest BCUT2D eigenvalue weighted by molar-refractivity contribution is 5.92. The van der Waals surface area contributed by atoms with Crippen LogP contribution in [0.15, 0.2) is 66.9 Å². The Morgan fingerprint density at radius 2 is 1.76 bits per heavy atom. The quantitative estimate of drug-likeness (QED) is 0.668. The summed E-state index contributed by atoms with van der Waals surface area (Å²) in [5, 5.41) is 0. The van der Waals surface area contributed by atoms with Crippen molar-refractivity contribution in [2.45, 2.75) is 25.4 Å². The van der Waals surface area contributed by atoms with E-state index in [0.717, 1.165) is 29.4 Å². The lowest BCUT2D eigenvalue weighted by atomic mass is 10.2. The molecule has 124 valence electrons. The highest BCUT2D eigenvalue weighted by Gasteiger charge is 2.31. The molecule has 25 heavy (non-hydrogen) atoms.